The van der Waals surface area contributed by atoms with Gasteiger partial charge in [0, 0.05) is 26.7 Å². The largest absolute Gasteiger partial charge is 0.497 e. The van der Waals surface area contributed by atoms with Gasteiger partial charge in [0.05, 0.1) is 26.4 Å². The Morgan fingerprint density at radius 3 is 2.50 bits per heavy atom. The maximum absolute atomic E-state index is 13.0. The van der Waals surface area contributed by atoms with Crippen LogP contribution in [0.2, 0.25) is 0 Å². The highest BCUT2D eigenvalue weighted by Gasteiger charge is 2.40. The van der Waals surface area contributed by atoms with E-state index in [1.165, 1.54) is 0 Å². The molecule has 2 aliphatic rings. The zero-order chi connectivity index (χ0) is 18.5. The van der Waals surface area contributed by atoms with Crippen LogP contribution in [0.1, 0.15) is 24.4 Å². The number of nitrogens with one attached hydrogen (secondary N) is 1. The number of rotatable bonds is 5. The number of ether oxygens (including phenoxy) is 2. The van der Waals surface area contributed by atoms with Crippen LogP contribution in [0.25, 0.3) is 0 Å². The zero-order valence-corrected chi connectivity index (χ0v) is 15.4. The Kier molecular flexibility index (Phi) is 6.11. The van der Waals surface area contributed by atoms with Gasteiger partial charge in [-0.25, -0.2) is 0 Å². The van der Waals surface area contributed by atoms with E-state index in [1.807, 2.05) is 34.1 Å². The monoisotopic (exact) mass is 361 g/mol. The van der Waals surface area contributed by atoms with Gasteiger partial charge < -0.3 is 19.7 Å². The molecule has 0 saturated carbocycles. The summed E-state index contributed by atoms with van der Waals surface area (Å²) in [6, 6.07) is 6.74. The lowest BCUT2D eigenvalue weighted by Crippen LogP contribution is -2.52. The van der Waals surface area contributed by atoms with Gasteiger partial charge >= 0.3 is 0 Å². The van der Waals surface area contributed by atoms with Gasteiger partial charge in [0.25, 0.3) is 0 Å². The molecular formula is C19H27N3O4. The van der Waals surface area contributed by atoms with Crippen molar-refractivity contribution in [1.29, 1.82) is 0 Å². The summed E-state index contributed by atoms with van der Waals surface area (Å²) >= 11 is 0. The van der Waals surface area contributed by atoms with Crippen molar-refractivity contribution in [2.24, 2.45) is 0 Å². The molecular weight excluding hydrogens is 334 g/mol. The second-order valence-corrected chi connectivity index (χ2v) is 6.62. The fourth-order valence-corrected chi connectivity index (χ4v) is 3.77. The lowest BCUT2D eigenvalue weighted by Gasteiger charge is -2.35. The van der Waals surface area contributed by atoms with E-state index in [9.17, 15) is 9.59 Å². The van der Waals surface area contributed by atoms with Gasteiger partial charge in [-0.2, -0.15) is 0 Å². The van der Waals surface area contributed by atoms with Gasteiger partial charge in [0.2, 0.25) is 11.8 Å². The second kappa shape index (κ2) is 8.51. The van der Waals surface area contributed by atoms with E-state index in [1.54, 1.807) is 14.2 Å². The lowest BCUT2D eigenvalue weighted by molar-refractivity contribution is -0.142. The van der Waals surface area contributed by atoms with Crippen molar-refractivity contribution < 1.29 is 19.1 Å². The highest BCUT2D eigenvalue weighted by molar-refractivity contribution is 5.86. The van der Waals surface area contributed by atoms with Crippen LogP contribution in [-0.4, -0.2) is 74.7 Å². The molecule has 2 amide bonds. The summed E-state index contributed by atoms with van der Waals surface area (Å²) < 4.78 is 10.6. The van der Waals surface area contributed by atoms with Crippen molar-refractivity contribution >= 4 is 11.8 Å². The molecule has 0 aliphatic carbocycles. The third kappa shape index (κ3) is 3.83. The Morgan fingerprint density at radius 2 is 1.88 bits per heavy atom. The molecule has 0 radical (unpaired) electrons. The molecule has 0 unspecified atom stereocenters. The van der Waals surface area contributed by atoms with Gasteiger partial charge in [-0.15, -0.1) is 0 Å². The van der Waals surface area contributed by atoms with Crippen molar-refractivity contribution in [3.63, 3.8) is 0 Å². The summed E-state index contributed by atoms with van der Waals surface area (Å²) in [5.41, 5.74) is 0.867. The van der Waals surface area contributed by atoms with E-state index in [-0.39, 0.29) is 17.9 Å². The number of benzene rings is 1. The van der Waals surface area contributed by atoms with Crippen molar-refractivity contribution in [3.8, 4) is 5.75 Å². The topological polar surface area (TPSA) is 71.1 Å². The lowest BCUT2D eigenvalue weighted by atomic mass is 10.0. The van der Waals surface area contributed by atoms with Gasteiger partial charge in [-0.05, 0) is 30.5 Å². The normalized spacial score (nSPS) is 22.1. The van der Waals surface area contributed by atoms with Crippen LogP contribution >= 0.6 is 0 Å². The Labute approximate surface area is 154 Å². The van der Waals surface area contributed by atoms with E-state index in [2.05, 4.69) is 5.32 Å². The number of nitrogens with zero attached hydrogens (tertiary/aromatic N) is 2. The minimum atomic E-state index is -0.483. The van der Waals surface area contributed by atoms with Gasteiger partial charge in [0.15, 0.2) is 0 Å². The number of carbonyl (C=O) groups excluding carboxylic acids is 2. The second-order valence-electron chi connectivity index (χ2n) is 6.62. The van der Waals surface area contributed by atoms with E-state index in [0.717, 1.165) is 30.7 Å². The van der Waals surface area contributed by atoms with Crippen LogP contribution in [0.3, 0.4) is 0 Å². The van der Waals surface area contributed by atoms with Crippen LogP contribution in [0.5, 0.6) is 5.75 Å². The van der Waals surface area contributed by atoms with Crippen LogP contribution in [-0.2, 0) is 14.3 Å². The highest BCUT2D eigenvalue weighted by Crippen LogP contribution is 2.31. The standard InChI is InChI=1S/C19H27N3O4/c1-20-18(23)17(14-5-7-15(25-2)8-6-14)22-9-3-4-16(22)19(24)21-10-12-26-13-11-21/h5-8,16-17H,3-4,9-13H2,1-2H3,(H,20,23)/t16-,17+/m0/s1. The molecule has 2 atom stereocenters. The predicted molar refractivity (Wildman–Crippen MR) is 96.9 cm³/mol. The summed E-state index contributed by atoms with van der Waals surface area (Å²) in [5.74, 6) is 0.747. The predicted octanol–water partition coefficient (Wildman–Crippen LogP) is 0.806. The zero-order valence-electron chi connectivity index (χ0n) is 15.4. The number of methoxy groups -OCH3 is 1. The average molecular weight is 361 g/mol. The number of likely N-dealkylation sites (N-methyl/N-ethyl adjacent to an activating group) is 1. The Morgan fingerprint density at radius 1 is 1.19 bits per heavy atom. The molecule has 0 bridgehead atoms. The third-order valence-corrected chi connectivity index (χ3v) is 5.16. The van der Waals surface area contributed by atoms with Crippen molar-refractivity contribution in [2.75, 3.05) is 47.0 Å². The molecule has 2 fully saturated rings. The maximum Gasteiger partial charge on any atom is 0.241 e. The molecule has 142 valence electrons. The maximum atomic E-state index is 13.0. The van der Waals surface area contributed by atoms with Gasteiger partial charge in [-0.1, -0.05) is 12.1 Å². The van der Waals surface area contributed by atoms with Gasteiger partial charge in [-0.3, -0.25) is 14.5 Å². The third-order valence-electron chi connectivity index (χ3n) is 5.16. The molecule has 1 N–H and O–H groups in total. The van der Waals surface area contributed by atoms with Crippen LogP contribution < -0.4 is 10.1 Å². The van der Waals surface area contributed by atoms with Crippen LogP contribution in [0.15, 0.2) is 24.3 Å². The Bertz CT molecular complexity index is 628. The molecule has 1 aromatic carbocycles. The van der Waals surface area contributed by atoms with Crippen molar-refractivity contribution in [2.45, 2.75) is 24.9 Å². The molecule has 2 heterocycles. The first-order chi connectivity index (χ1) is 12.7. The number of amides is 2. The minimum Gasteiger partial charge on any atom is -0.497 e. The Hall–Kier alpha value is -2.12. The smallest absolute Gasteiger partial charge is 0.241 e. The minimum absolute atomic E-state index is 0.100. The first kappa shape index (κ1) is 18.7. The number of carbonyl (C=O) groups is 2. The molecule has 0 spiro atoms. The van der Waals surface area contributed by atoms with E-state index in [4.69, 9.17) is 9.47 Å². The van der Waals surface area contributed by atoms with E-state index >= 15 is 0 Å². The summed E-state index contributed by atoms with van der Waals surface area (Å²) in [6.45, 7) is 3.13. The first-order valence-electron chi connectivity index (χ1n) is 9.13. The van der Waals surface area contributed by atoms with Crippen LogP contribution in [0, 0.1) is 0 Å². The quantitative estimate of drug-likeness (QED) is 0.840. The van der Waals surface area contributed by atoms with Crippen LogP contribution in [0.4, 0.5) is 0 Å². The Balaban J connectivity index is 1.84. The van der Waals surface area contributed by atoms with E-state index < -0.39 is 6.04 Å². The summed E-state index contributed by atoms with van der Waals surface area (Å²) in [6.07, 6.45) is 1.68. The highest BCUT2D eigenvalue weighted by atomic mass is 16.5. The molecule has 7 nitrogen and oxygen atoms in total. The molecule has 2 saturated heterocycles. The SMILES string of the molecule is CNC(=O)[C@@H](c1ccc(OC)cc1)N1CCC[C@H]1C(=O)N1CCOCC1. The first-order valence-corrected chi connectivity index (χ1v) is 9.13. The summed E-state index contributed by atoms with van der Waals surface area (Å²) in [7, 11) is 3.25. The summed E-state index contributed by atoms with van der Waals surface area (Å²) in [5, 5.41) is 2.75. The van der Waals surface area contributed by atoms with Crippen molar-refractivity contribution in [3.05, 3.63) is 29.8 Å². The molecule has 26 heavy (non-hydrogen) atoms. The number of likely N-dealkylation sites (tertiary alicyclic amines) is 1. The molecule has 2 aliphatic heterocycles. The molecule has 1 aromatic rings. The number of hydrogen-bond donors (Lipinski definition) is 1. The average Bonchev–Trinajstić information content (AvgIpc) is 3.17. The van der Waals surface area contributed by atoms with E-state index in [0.29, 0.717) is 26.3 Å². The van der Waals surface area contributed by atoms with Gasteiger partial charge in [0.1, 0.15) is 11.8 Å². The number of morpholine rings is 1. The molecule has 7 heteroatoms. The van der Waals surface area contributed by atoms with Crippen molar-refractivity contribution in [1.82, 2.24) is 15.1 Å². The molecule has 3 rings (SSSR count). The molecule has 0 aromatic heterocycles. The number of hydrogen-bond acceptors (Lipinski definition) is 5. The summed E-state index contributed by atoms with van der Waals surface area (Å²) in [4.78, 5) is 29.6. The fourth-order valence-electron chi connectivity index (χ4n) is 3.77. The fraction of sp³-hybridized carbons (Fsp3) is 0.579.